The Bertz CT molecular complexity index is 787. The molecule has 0 aliphatic heterocycles. The molecule has 0 saturated carbocycles. The first-order valence-corrected chi connectivity index (χ1v) is 6.51. The van der Waals surface area contributed by atoms with Gasteiger partial charge in [-0.2, -0.15) is 0 Å². The zero-order valence-electron chi connectivity index (χ0n) is 11.4. The van der Waals surface area contributed by atoms with Gasteiger partial charge >= 0.3 is 0 Å². The summed E-state index contributed by atoms with van der Waals surface area (Å²) in [5.74, 6) is -0.980. The van der Waals surface area contributed by atoms with Crippen LogP contribution in [0.2, 0.25) is 0 Å². The van der Waals surface area contributed by atoms with Crippen molar-refractivity contribution in [3.8, 4) is 11.1 Å². The van der Waals surface area contributed by atoms with Crippen molar-refractivity contribution in [3.63, 3.8) is 0 Å². The molecule has 0 heterocycles. The Balaban J connectivity index is 2.20. The minimum atomic E-state index is -0.504. The molecule has 0 amide bonds. The maximum atomic E-state index is 14.0. The largest absolute Gasteiger partial charge is 0.207 e. The number of rotatable bonds is 1. The third-order valence-corrected chi connectivity index (χ3v) is 3.64. The number of hydrogen-bond donors (Lipinski definition) is 0. The normalized spacial score (nSPS) is 11.0. The van der Waals surface area contributed by atoms with Crippen molar-refractivity contribution >= 4 is 10.8 Å². The quantitative estimate of drug-likeness (QED) is 0.554. The zero-order valence-corrected chi connectivity index (χ0v) is 11.4. The van der Waals surface area contributed by atoms with Gasteiger partial charge in [-0.15, -0.1) is 0 Å². The molecule has 0 bridgehead atoms. The molecule has 3 rings (SSSR count). The van der Waals surface area contributed by atoms with Crippen LogP contribution >= 0.6 is 0 Å². The predicted molar refractivity (Wildman–Crippen MR) is 78.8 cm³/mol. The van der Waals surface area contributed by atoms with E-state index in [-0.39, 0.29) is 5.56 Å². The lowest BCUT2D eigenvalue weighted by molar-refractivity contribution is 0.577. The lowest BCUT2D eigenvalue weighted by Gasteiger charge is -2.08. The van der Waals surface area contributed by atoms with Crippen LogP contribution < -0.4 is 0 Å². The van der Waals surface area contributed by atoms with Gasteiger partial charge in [-0.25, -0.2) is 8.78 Å². The molecule has 0 radical (unpaired) electrons. The van der Waals surface area contributed by atoms with Crippen molar-refractivity contribution in [1.29, 1.82) is 0 Å². The van der Waals surface area contributed by atoms with Crippen molar-refractivity contribution in [1.82, 2.24) is 0 Å². The summed E-state index contributed by atoms with van der Waals surface area (Å²) in [5, 5.41) is 1.04. The van der Waals surface area contributed by atoms with E-state index in [4.69, 9.17) is 0 Å². The summed E-state index contributed by atoms with van der Waals surface area (Å²) in [6, 6.07) is 14.9. The second-order valence-electron chi connectivity index (χ2n) is 5.10. The molecular weight excluding hydrogens is 254 g/mol. The van der Waals surface area contributed by atoms with E-state index in [0.717, 1.165) is 11.1 Å². The van der Waals surface area contributed by atoms with E-state index in [9.17, 15) is 8.78 Å². The second kappa shape index (κ2) is 4.71. The fraction of sp³-hybridized carbons (Fsp3) is 0.111. The molecule has 0 spiro atoms. The van der Waals surface area contributed by atoms with Crippen LogP contribution in [0.3, 0.4) is 0 Å². The minimum absolute atomic E-state index is 0.0700. The Morgan fingerprint density at radius 1 is 0.750 bits per heavy atom. The molecule has 0 nitrogen and oxygen atoms in total. The third-order valence-electron chi connectivity index (χ3n) is 3.64. The lowest BCUT2D eigenvalue weighted by Crippen LogP contribution is -1.91. The van der Waals surface area contributed by atoms with Gasteiger partial charge in [0.1, 0.15) is 11.6 Å². The molecule has 2 heteroatoms. The first-order valence-electron chi connectivity index (χ1n) is 6.51. The lowest BCUT2D eigenvalue weighted by atomic mass is 9.99. The van der Waals surface area contributed by atoms with Gasteiger partial charge < -0.3 is 0 Å². The van der Waals surface area contributed by atoms with E-state index in [1.54, 1.807) is 6.07 Å². The van der Waals surface area contributed by atoms with E-state index in [1.807, 2.05) is 43.3 Å². The van der Waals surface area contributed by atoms with Crippen LogP contribution in [0, 0.1) is 25.5 Å². The number of halogens is 2. The summed E-state index contributed by atoms with van der Waals surface area (Å²) >= 11 is 0. The molecular formula is C18H14F2. The van der Waals surface area contributed by atoms with Crippen molar-refractivity contribution < 1.29 is 8.78 Å². The molecule has 20 heavy (non-hydrogen) atoms. The Hall–Kier alpha value is -2.22. The molecule has 0 aromatic heterocycles. The average Bonchev–Trinajstić information content (AvgIpc) is 2.45. The topological polar surface area (TPSA) is 0 Å². The Morgan fingerprint density at radius 2 is 1.40 bits per heavy atom. The third kappa shape index (κ3) is 2.07. The van der Waals surface area contributed by atoms with Crippen LogP contribution in [0.4, 0.5) is 8.78 Å². The standard InChI is InChI=1S/C18H14F2/c1-11-3-5-13(6-4-11)14-7-8-16-15(9-14)10-17(19)12(2)18(16)20/h3-10H,1-2H3. The molecule has 3 aromatic carbocycles. The van der Waals surface area contributed by atoms with Crippen molar-refractivity contribution in [3.05, 3.63) is 71.3 Å². The van der Waals surface area contributed by atoms with Crippen molar-refractivity contribution in [2.24, 2.45) is 0 Å². The van der Waals surface area contributed by atoms with Gasteiger partial charge in [-0.05, 0) is 42.5 Å². The van der Waals surface area contributed by atoms with Crippen molar-refractivity contribution in [2.75, 3.05) is 0 Å². The Morgan fingerprint density at radius 3 is 2.10 bits per heavy atom. The van der Waals surface area contributed by atoms with Gasteiger partial charge in [-0.3, -0.25) is 0 Å². The highest BCUT2D eigenvalue weighted by Gasteiger charge is 2.10. The number of fused-ring (bicyclic) bond motifs is 1. The van der Waals surface area contributed by atoms with Gasteiger partial charge in [0.05, 0.1) is 0 Å². The van der Waals surface area contributed by atoms with Crippen LogP contribution in [-0.2, 0) is 0 Å². The molecule has 0 aliphatic rings. The Kier molecular flexibility index (Phi) is 3.01. The molecule has 3 aromatic rings. The average molecular weight is 268 g/mol. The highest BCUT2D eigenvalue weighted by atomic mass is 19.1. The second-order valence-corrected chi connectivity index (χ2v) is 5.10. The molecule has 0 N–H and O–H groups in total. The SMILES string of the molecule is Cc1ccc(-c2ccc3c(F)c(C)c(F)cc3c2)cc1. The van der Waals surface area contributed by atoms with Gasteiger partial charge in [0.2, 0.25) is 0 Å². The highest BCUT2D eigenvalue weighted by molar-refractivity contribution is 5.88. The van der Waals surface area contributed by atoms with Crippen LogP contribution in [0.15, 0.2) is 48.5 Å². The first-order chi connectivity index (χ1) is 9.56. The fourth-order valence-electron chi connectivity index (χ4n) is 2.36. The minimum Gasteiger partial charge on any atom is -0.207 e. The van der Waals surface area contributed by atoms with Crippen LogP contribution in [0.5, 0.6) is 0 Å². The van der Waals surface area contributed by atoms with Gasteiger partial charge in [-0.1, -0.05) is 42.0 Å². The maximum absolute atomic E-state index is 14.0. The number of hydrogen-bond acceptors (Lipinski definition) is 0. The molecule has 0 fully saturated rings. The summed E-state index contributed by atoms with van der Waals surface area (Å²) in [4.78, 5) is 0. The summed E-state index contributed by atoms with van der Waals surface area (Å²) < 4.78 is 27.7. The smallest absolute Gasteiger partial charge is 0.136 e. The summed E-state index contributed by atoms with van der Waals surface area (Å²) in [5.41, 5.74) is 3.25. The van der Waals surface area contributed by atoms with E-state index in [0.29, 0.717) is 10.8 Å². The van der Waals surface area contributed by atoms with Gasteiger partial charge in [0.15, 0.2) is 0 Å². The molecule has 0 atom stereocenters. The van der Waals surface area contributed by atoms with E-state index >= 15 is 0 Å². The Labute approximate surface area is 116 Å². The predicted octanol–water partition coefficient (Wildman–Crippen LogP) is 5.40. The summed E-state index contributed by atoms with van der Waals surface area (Å²) in [6.07, 6.45) is 0. The summed E-state index contributed by atoms with van der Waals surface area (Å²) in [7, 11) is 0. The first kappa shape index (κ1) is 12.8. The zero-order chi connectivity index (χ0) is 14.3. The van der Waals surface area contributed by atoms with Gasteiger partial charge in [0, 0.05) is 10.9 Å². The monoisotopic (exact) mass is 268 g/mol. The fourth-order valence-corrected chi connectivity index (χ4v) is 2.36. The van der Waals surface area contributed by atoms with E-state index in [1.165, 1.54) is 18.6 Å². The van der Waals surface area contributed by atoms with Crippen LogP contribution in [0.1, 0.15) is 11.1 Å². The number of benzene rings is 3. The van der Waals surface area contributed by atoms with Crippen LogP contribution in [-0.4, -0.2) is 0 Å². The van der Waals surface area contributed by atoms with Crippen molar-refractivity contribution in [2.45, 2.75) is 13.8 Å². The number of aryl methyl sites for hydroxylation is 1. The summed E-state index contributed by atoms with van der Waals surface area (Å²) in [6.45, 7) is 3.48. The van der Waals surface area contributed by atoms with Crippen LogP contribution in [0.25, 0.3) is 21.9 Å². The molecule has 100 valence electrons. The molecule has 0 unspecified atom stereocenters. The van der Waals surface area contributed by atoms with E-state index in [2.05, 4.69) is 0 Å². The highest BCUT2D eigenvalue weighted by Crippen LogP contribution is 2.28. The molecule has 0 aliphatic carbocycles. The maximum Gasteiger partial charge on any atom is 0.136 e. The molecule has 0 saturated heterocycles. The van der Waals surface area contributed by atoms with Gasteiger partial charge in [0.25, 0.3) is 0 Å². The van der Waals surface area contributed by atoms with E-state index < -0.39 is 11.6 Å².